The first-order valence-electron chi connectivity index (χ1n) is 14.2. The summed E-state index contributed by atoms with van der Waals surface area (Å²) in [4.78, 5) is 10.2. The van der Waals surface area contributed by atoms with Crippen LogP contribution in [0.15, 0.2) is 146 Å². The van der Waals surface area contributed by atoms with E-state index >= 15 is 0 Å². The van der Waals surface area contributed by atoms with Gasteiger partial charge in [0.05, 0.1) is 27.8 Å². The number of hydrogen-bond acceptors (Lipinski definition) is 2. The topological polar surface area (TPSA) is 35.1 Å². The molecule has 5 aromatic carbocycles. The number of hydrogen-bond donors (Lipinski definition) is 0. The van der Waals surface area contributed by atoms with Crippen LogP contribution >= 0.6 is 0 Å². The van der Waals surface area contributed by atoms with Gasteiger partial charge in [0.2, 0.25) is 0 Å². The highest BCUT2D eigenvalue weighted by atomic mass is 15.1. The Balaban J connectivity index is 1.58. The summed E-state index contributed by atoms with van der Waals surface area (Å²) in [5.41, 5.74) is 7.69. The van der Waals surface area contributed by atoms with Crippen LogP contribution in [0.5, 0.6) is 0 Å². The van der Waals surface area contributed by atoms with E-state index in [4.69, 9.17) is 9.97 Å². The van der Waals surface area contributed by atoms with Crippen molar-refractivity contribution < 1.29 is 0 Å². The van der Waals surface area contributed by atoms with E-state index in [9.17, 15) is 0 Å². The average molecular weight is 537 g/mol. The Bertz CT molecular complexity index is 2440. The molecule has 42 heavy (non-hydrogen) atoms. The Hall–Kier alpha value is -5.74. The molecular formula is C38H24N4. The minimum Gasteiger partial charge on any atom is -0.293 e. The molecule has 0 bridgehead atoms. The van der Waals surface area contributed by atoms with E-state index in [0.29, 0.717) is 0 Å². The predicted molar refractivity (Wildman–Crippen MR) is 173 cm³/mol. The number of nitrogens with zero attached hydrogens (tertiary/aromatic N) is 4. The first-order valence-corrected chi connectivity index (χ1v) is 14.2. The van der Waals surface area contributed by atoms with Crippen molar-refractivity contribution in [2.45, 2.75) is 0 Å². The van der Waals surface area contributed by atoms with Gasteiger partial charge in [0.25, 0.3) is 0 Å². The lowest BCUT2D eigenvalue weighted by Gasteiger charge is -2.14. The maximum Gasteiger partial charge on any atom is 0.145 e. The number of benzene rings is 5. The first kappa shape index (κ1) is 23.0. The summed E-state index contributed by atoms with van der Waals surface area (Å²) in [6.45, 7) is 0. The largest absolute Gasteiger partial charge is 0.293 e. The molecule has 0 spiro atoms. The number of imidazole rings is 1. The quantitative estimate of drug-likeness (QED) is 0.211. The van der Waals surface area contributed by atoms with Crippen LogP contribution in [0.4, 0.5) is 0 Å². The van der Waals surface area contributed by atoms with Gasteiger partial charge in [0.15, 0.2) is 0 Å². The van der Waals surface area contributed by atoms with Gasteiger partial charge in [-0.1, -0.05) is 115 Å². The van der Waals surface area contributed by atoms with Crippen LogP contribution in [-0.2, 0) is 0 Å². The fourth-order valence-corrected chi connectivity index (χ4v) is 6.61. The first-order chi connectivity index (χ1) is 20.9. The van der Waals surface area contributed by atoms with E-state index in [1.165, 1.54) is 21.5 Å². The molecule has 4 nitrogen and oxygen atoms in total. The van der Waals surface area contributed by atoms with E-state index < -0.39 is 0 Å². The van der Waals surface area contributed by atoms with Crippen molar-refractivity contribution in [3.63, 3.8) is 0 Å². The molecule has 0 saturated heterocycles. The molecule has 0 N–H and O–H groups in total. The molecule has 0 radical (unpaired) electrons. The number of aromatic nitrogens is 4. The maximum absolute atomic E-state index is 5.38. The van der Waals surface area contributed by atoms with Gasteiger partial charge >= 0.3 is 0 Å². The number of fused-ring (bicyclic) bond motifs is 10. The summed E-state index contributed by atoms with van der Waals surface area (Å²) < 4.78 is 4.68. The van der Waals surface area contributed by atoms with E-state index in [2.05, 4.69) is 142 Å². The van der Waals surface area contributed by atoms with E-state index in [1.54, 1.807) is 0 Å². The number of para-hydroxylation sites is 2. The van der Waals surface area contributed by atoms with E-state index in [1.807, 2.05) is 12.3 Å². The van der Waals surface area contributed by atoms with Crippen LogP contribution in [0.2, 0.25) is 0 Å². The molecule has 4 heteroatoms. The van der Waals surface area contributed by atoms with E-state index in [-0.39, 0.29) is 0 Å². The smallest absolute Gasteiger partial charge is 0.145 e. The molecule has 0 aliphatic rings. The predicted octanol–water partition coefficient (Wildman–Crippen LogP) is 9.47. The average Bonchev–Trinajstić information content (AvgIpc) is 3.63. The minimum atomic E-state index is 0.905. The number of pyridine rings is 2. The van der Waals surface area contributed by atoms with Gasteiger partial charge < -0.3 is 0 Å². The van der Waals surface area contributed by atoms with Crippen molar-refractivity contribution in [3.8, 4) is 28.5 Å². The van der Waals surface area contributed by atoms with Gasteiger partial charge in [-0.15, -0.1) is 0 Å². The lowest BCUT2D eigenvalue weighted by atomic mass is 9.99. The zero-order valence-corrected chi connectivity index (χ0v) is 22.6. The van der Waals surface area contributed by atoms with Gasteiger partial charge in [-0.3, -0.25) is 8.97 Å². The van der Waals surface area contributed by atoms with Gasteiger partial charge in [0, 0.05) is 44.3 Å². The maximum atomic E-state index is 5.38. The lowest BCUT2D eigenvalue weighted by molar-refractivity contribution is 1.08. The summed E-state index contributed by atoms with van der Waals surface area (Å²) in [6, 6.07) is 49.1. The van der Waals surface area contributed by atoms with Crippen molar-refractivity contribution in [1.82, 2.24) is 18.9 Å². The second kappa shape index (κ2) is 8.88. The van der Waals surface area contributed by atoms with Gasteiger partial charge in [0.1, 0.15) is 11.6 Å². The van der Waals surface area contributed by atoms with Crippen LogP contribution in [-0.4, -0.2) is 18.9 Å². The third kappa shape index (κ3) is 3.17. The van der Waals surface area contributed by atoms with Crippen LogP contribution in [0.25, 0.3) is 77.5 Å². The van der Waals surface area contributed by atoms with Crippen molar-refractivity contribution in [2.24, 2.45) is 0 Å². The molecule has 0 atom stereocenters. The Morgan fingerprint density at radius 1 is 0.452 bits per heavy atom. The molecule has 9 aromatic rings. The van der Waals surface area contributed by atoms with Gasteiger partial charge in [-0.25, -0.2) is 9.97 Å². The summed E-state index contributed by atoms with van der Waals surface area (Å²) in [6.07, 6.45) is 1.87. The van der Waals surface area contributed by atoms with Crippen LogP contribution in [0, 0.1) is 0 Å². The Kier molecular flexibility index (Phi) is 4.87. The molecular weight excluding hydrogens is 512 g/mol. The van der Waals surface area contributed by atoms with Crippen LogP contribution < -0.4 is 0 Å². The standard InChI is InChI=1S/C38H24N4/c1-3-13-25(14-4-1)35-37-30-23-22-28-27-17-7-9-19-31(27)41(33-21-11-12-24-39-33)36(28)34(30)29-18-8-10-20-32(29)42(37)38(40-35)26-15-5-2-6-16-26/h1-24H. The molecule has 0 fully saturated rings. The zero-order chi connectivity index (χ0) is 27.6. The summed E-state index contributed by atoms with van der Waals surface area (Å²) in [7, 11) is 0. The van der Waals surface area contributed by atoms with Crippen LogP contribution in [0.3, 0.4) is 0 Å². The van der Waals surface area contributed by atoms with Crippen molar-refractivity contribution >= 4 is 49.0 Å². The normalized spacial score (nSPS) is 11.8. The molecule has 4 heterocycles. The second-order valence-electron chi connectivity index (χ2n) is 10.6. The van der Waals surface area contributed by atoms with Crippen LogP contribution in [0.1, 0.15) is 0 Å². The SMILES string of the molecule is c1ccc(-c2nc(-c3ccccc3)n3c4ccccc4c4c(ccc5c6ccccc6n(-c6ccccn6)c54)c23)cc1. The van der Waals surface area contributed by atoms with Gasteiger partial charge in [-0.2, -0.15) is 0 Å². The molecule has 0 amide bonds. The molecule has 0 unspecified atom stereocenters. The Labute approximate surface area is 241 Å². The highest BCUT2D eigenvalue weighted by molar-refractivity contribution is 6.28. The third-order valence-corrected chi connectivity index (χ3v) is 8.34. The number of rotatable bonds is 3. The van der Waals surface area contributed by atoms with Crippen molar-refractivity contribution in [2.75, 3.05) is 0 Å². The Morgan fingerprint density at radius 2 is 1.10 bits per heavy atom. The molecule has 0 saturated carbocycles. The van der Waals surface area contributed by atoms with Gasteiger partial charge in [-0.05, 0) is 24.3 Å². The third-order valence-electron chi connectivity index (χ3n) is 8.34. The minimum absolute atomic E-state index is 0.905. The lowest BCUT2D eigenvalue weighted by Crippen LogP contribution is -1.99. The molecule has 196 valence electrons. The van der Waals surface area contributed by atoms with E-state index in [0.717, 1.165) is 55.9 Å². The summed E-state index contributed by atoms with van der Waals surface area (Å²) >= 11 is 0. The highest BCUT2D eigenvalue weighted by Crippen LogP contribution is 2.44. The molecule has 0 aliphatic carbocycles. The second-order valence-corrected chi connectivity index (χ2v) is 10.6. The molecule has 9 rings (SSSR count). The van der Waals surface area contributed by atoms with Crippen molar-refractivity contribution in [1.29, 1.82) is 0 Å². The molecule has 4 aromatic heterocycles. The summed E-state index contributed by atoms with van der Waals surface area (Å²) in [5.74, 6) is 1.84. The highest BCUT2D eigenvalue weighted by Gasteiger charge is 2.23. The molecule has 0 aliphatic heterocycles. The summed E-state index contributed by atoms with van der Waals surface area (Å²) in [5, 5.41) is 5.97. The fraction of sp³-hybridized carbons (Fsp3) is 0. The Morgan fingerprint density at radius 3 is 1.86 bits per heavy atom. The zero-order valence-electron chi connectivity index (χ0n) is 22.6. The fourth-order valence-electron chi connectivity index (χ4n) is 6.61. The monoisotopic (exact) mass is 536 g/mol. The van der Waals surface area contributed by atoms with Crippen molar-refractivity contribution in [3.05, 3.63) is 146 Å².